The van der Waals surface area contributed by atoms with Gasteiger partial charge in [0, 0.05) is 64.2 Å². The third kappa shape index (κ3) is 19.2. The Labute approximate surface area is 288 Å². The first-order valence-corrected chi connectivity index (χ1v) is 16.9. The number of hydrogen-bond donors (Lipinski definition) is 5. The second-order valence-corrected chi connectivity index (χ2v) is 12.0. The van der Waals surface area contributed by atoms with Crippen molar-refractivity contribution in [3.05, 3.63) is 0 Å². The summed E-state index contributed by atoms with van der Waals surface area (Å²) in [4.78, 5) is 85.3. The Morgan fingerprint density at radius 3 is 1.96 bits per heavy atom. The van der Waals surface area contributed by atoms with Crippen LogP contribution in [0.3, 0.4) is 0 Å². The minimum Gasteiger partial charge on any atom is -0.379 e. The monoisotopic (exact) mass is 700 g/mol. The number of urea groups is 1. The number of primary amides is 1. The van der Waals surface area contributed by atoms with Crippen LogP contribution in [0.2, 0.25) is 0 Å². The fourth-order valence-corrected chi connectivity index (χ4v) is 4.90. The summed E-state index contributed by atoms with van der Waals surface area (Å²) in [6, 6.07) is -1.41. The molecule has 1 saturated heterocycles. The van der Waals surface area contributed by atoms with Gasteiger partial charge >= 0.3 is 6.03 Å². The van der Waals surface area contributed by atoms with Gasteiger partial charge < -0.3 is 45.9 Å². The smallest absolute Gasteiger partial charge is 0.312 e. The van der Waals surface area contributed by atoms with Crippen molar-refractivity contribution < 1.29 is 52.5 Å². The average molecular weight is 701 g/mol. The molecular formula is C32H56N6O11. The minimum atomic E-state index is -0.750. The highest BCUT2D eigenvalue weighted by atomic mass is 16.6. The van der Waals surface area contributed by atoms with Gasteiger partial charge in [0.1, 0.15) is 0 Å². The Morgan fingerprint density at radius 2 is 1.43 bits per heavy atom. The number of nitrogens with one attached hydrogen (secondary N) is 4. The summed E-state index contributed by atoms with van der Waals surface area (Å²) < 4.78 is 21.7. The number of likely N-dealkylation sites (tertiary alicyclic amines) is 1. The quantitative estimate of drug-likeness (QED) is 0.0503. The Hall–Kier alpha value is -3.67. The van der Waals surface area contributed by atoms with E-state index in [9.17, 15) is 33.6 Å². The molecule has 280 valence electrons. The maximum atomic E-state index is 13.0. The molecule has 0 aromatic carbocycles. The summed E-state index contributed by atoms with van der Waals surface area (Å²) in [5, 5.41) is 10.5. The van der Waals surface area contributed by atoms with Crippen molar-refractivity contribution in [3.63, 3.8) is 0 Å². The van der Waals surface area contributed by atoms with Gasteiger partial charge in [-0.1, -0.05) is 20.8 Å². The number of ketones is 1. The van der Waals surface area contributed by atoms with Crippen LogP contribution in [0, 0.1) is 17.8 Å². The lowest BCUT2D eigenvalue weighted by atomic mass is 9.89. The minimum absolute atomic E-state index is 0.0423. The first-order chi connectivity index (χ1) is 23.4. The molecule has 6 N–H and O–H groups in total. The summed E-state index contributed by atoms with van der Waals surface area (Å²) in [5.74, 6) is -2.70. The van der Waals surface area contributed by atoms with Crippen molar-refractivity contribution >= 4 is 41.4 Å². The van der Waals surface area contributed by atoms with Gasteiger partial charge in [0.05, 0.1) is 58.9 Å². The van der Waals surface area contributed by atoms with Crippen LogP contribution in [0.25, 0.3) is 0 Å². The summed E-state index contributed by atoms with van der Waals surface area (Å²) in [6.07, 6.45) is 1.11. The molecule has 0 bridgehead atoms. The lowest BCUT2D eigenvalue weighted by Gasteiger charge is -2.23. The van der Waals surface area contributed by atoms with E-state index in [1.54, 1.807) is 6.92 Å². The zero-order valence-corrected chi connectivity index (χ0v) is 29.3. The number of imide groups is 1. The van der Waals surface area contributed by atoms with Crippen molar-refractivity contribution in [1.82, 2.24) is 26.2 Å². The fourth-order valence-electron chi connectivity index (χ4n) is 4.90. The molecule has 0 aliphatic carbocycles. The summed E-state index contributed by atoms with van der Waals surface area (Å²) in [5.41, 5.74) is 5.06. The molecule has 3 atom stereocenters. The number of hydrogen-bond acceptors (Lipinski definition) is 11. The second-order valence-electron chi connectivity index (χ2n) is 12.0. The third-order valence-electron chi connectivity index (χ3n) is 7.61. The second kappa shape index (κ2) is 25.3. The van der Waals surface area contributed by atoms with Crippen LogP contribution in [0.15, 0.2) is 0 Å². The molecule has 1 fully saturated rings. The van der Waals surface area contributed by atoms with Crippen LogP contribution >= 0.6 is 0 Å². The number of rotatable bonds is 28. The molecular weight excluding hydrogens is 644 g/mol. The number of amides is 7. The van der Waals surface area contributed by atoms with Gasteiger partial charge in [-0.3, -0.25) is 33.7 Å². The van der Waals surface area contributed by atoms with Crippen LogP contribution in [-0.2, 0) is 47.7 Å². The molecule has 1 rings (SSSR count). The van der Waals surface area contributed by atoms with Crippen LogP contribution in [0.1, 0.15) is 59.3 Å². The number of carbonyl (C=O) groups is 7. The maximum absolute atomic E-state index is 13.0. The van der Waals surface area contributed by atoms with E-state index in [4.69, 9.17) is 24.7 Å². The van der Waals surface area contributed by atoms with Gasteiger partial charge in [-0.15, -0.1) is 0 Å². The van der Waals surface area contributed by atoms with Gasteiger partial charge in [0.25, 0.3) is 0 Å². The number of Topliss-reactive ketones (excluding diaryl/α,β-unsaturated/α-hetero) is 1. The van der Waals surface area contributed by atoms with Crippen LogP contribution in [0.4, 0.5) is 4.79 Å². The zero-order chi connectivity index (χ0) is 36.6. The number of nitrogens with zero attached hydrogens (tertiary/aromatic N) is 1. The molecule has 17 heteroatoms. The van der Waals surface area contributed by atoms with Crippen LogP contribution < -0.4 is 27.0 Å². The molecule has 17 nitrogen and oxygen atoms in total. The standard InChI is InChI=1S/C32H56N6O11/c1-22(2)29(25(39)21-24(30(43)34-4)6-5-9-36-32(33)45)37-27(41)8-12-46-14-16-48-18-19-49-17-15-47-13-10-35-26(40)7-11-38-28(42)20-23(3)31(38)44/h22-24,29H,5-21H2,1-4H3,(H,34,43)(H,35,40)(H,37,41)(H3,33,36,45)/t23?,24?,29-/m0/s1. The molecule has 1 aliphatic rings. The summed E-state index contributed by atoms with van der Waals surface area (Å²) >= 11 is 0. The lowest BCUT2D eigenvalue weighted by Crippen LogP contribution is -2.46. The third-order valence-corrected chi connectivity index (χ3v) is 7.61. The van der Waals surface area contributed by atoms with Crippen LogP contribution in [-0.4, -0.2) is 132 Å². The van der Waals surface area contributed by atoms with Gasteiger partial charge in [-0.05, 0) is 18.8 Å². The summed E-state index contributed by atoms with van der Waals surface area (Å²) in [6.45, 7) is 8.42. The van der Waals surface area contributed by atoms with E-state index in [0.717, 1.165) is 4.90 Å². The van der Waals surface area contributed by atoms with Crippen LogP contribution in [0.5, 0.6) is 0 Å². The molecule has 49 heavy (non-hydrogen) atoms. The van der Waals surface area contributed by atoms with E-state index in [-0.39, 0.29) is 92.6 Å². The van der Waals surface area contributed by atoms with E-state index >= 15 is 0 Å². The average Bonchev–Trinajstić information content (AvgIpc) is 3.30. The molecule has 0 aromatic rings. The Bertz CT molecular complexity index is 1070. The molecule has 1 aliphatic heterocycles. The predicted molar refractivity (Wildman–Crippen MR) is 177 cm³/mol. The molecule has 0 saturated carbocycles. The molecule has 2 unspecified atom stereocenters. The van der Waals surface area contributed by atoms with Crippen molar-refractivity contribution in [2.45, 2.75) is 65.3 Å². The van der Waals surface area contributed by atoms with E-state index in [2.05, 4.69) is 21.3 Å². The fraction of sp³-hybridized carbons (Fsp3) is 0.781. The Balaban J connectivity index is 2.07. The normalized spacial score (nSPS) is 15.6. The Morgan fingerprint density at radius 1 is 0.837 bits per heavy atom. The van der Waals surface area contributed by atoms with Gasteiger partial charge in [0.15, 0.2) is 5.78 Å². The van der Waals surface area contributed by atoms with E-state index in [1.807, 2.05) is 13.8 Å². The van der Waals surface area contributed by atoms with Crippen molar-refractivity contribution in [2.24, 2.45) is 23.5 Å². The SMILES string of the molecule is CNC(=O)C(CCCNC(N)=O)CC(=O)[C@@H](NC(=O)CCOCCOCCOCCOCCNC(=O)CCN1C(=O)CC(C)C1=O)C(C)C. The molecule has 0 spiro atoms. The topological polar surface area (TPSA) is 234 Å². The largest absolute Gasteiger partial charge is 0.379 e. The molecule has 7 amide bonds. The van der Waals surface area contributed by atoms with E-state index in [0.29, 0.717) is 65.6 Å². The number of carbonyl (C=O) groups excluding carboxylic acids is 7. The van der Waals surface area contributed by atoms with Gasteiger partial charge in [-0.25, -0.2) is 4.79 Å². The summed E-state index contributed by atoms with van der Waals surface area (Å²) in [7, 11) is 1.49. The van der Waals surface area contributed by atoms with Crippen molar-refractivity contribution in [1.29, 1.82) is 0 Å². The number of ether oxygens (including phenoxy) is 4. The van der Waals surface area contributed by atoms with Gasteiger partial charge in [0.2, 0.25) is 29.5 Å². The maximum Gasteiger partial charge on any atom is 0.312 e. The predicted octanol–water partition coefficient (Wildman–Crippen LogP) is -0.745. The lowest BCUT2D eigenvalue weighted by molar-refractivity contribution is -0.139. The Kier molecular flexibility index (Phi) is 22.4. The molecule has 1 heterocycles. The highest BCUT2D eigenvalue weighted by molar-refractivity contribution is 6.03. The molecule has 0 radical (unpaired) electrons. The zero-order valence-electron chi connectivity index (χ0n) is 29.3. The highest BCUT2D eigenvalue weighted by Crippen LogP contribution is 2.19. The highest BCUT2D eigenvalue weighted by Gasteiger charge is 2.35. The molecule has 0 aromatic heterocycles. The number of nitrogens with two attached hydrogens (primary N) is 1. The van der Waals surface area contributed by atoms with Gasteiger partial charge in [-0.2, -0.15) is 0 Å². The van der Waals surface area contributed by atoms with E-state index < -0.39 is 18.0 Å². The van der Waals surface area contributed by atoms with Crippen molar-refractivity contribution in [3.8, 4) is 0 Å². The first-order valence-electron chi connectivity index (χ1n) is 16.9. The van der Waals surface area contributed by atoms with E-state index in [1.165, 1.54) is 7.05 Å². The van der Waals surface area contributed by atoms with Crippen molar-refractivity contribution in [2.75, 3.05) is 79.5 Å². The first kappa shape index (κ1) is 43.4.